The van der Waals surface area contributed by atoms with Gasteiger partial charge in [-0.2, -0.15) is 11.8 Å². The summed E-state index contributed by atoms with van der Waals surface area (Å²) < 4.78 is 0. The average Bonchev–Trinajstić information content (AvgIpc) is 2.95. The molecule has 0 aromatic heterocycles. The zero-order valence-corrected chi connectivity index (χ0v) is 18.8. The van der Waals surface area contributed by atoms with Crippen molar-refractivity contribution in [2.24, 2.45) is 0 Å². The van der Waals surface area contributed by atoms with Crippen LogP contribution in [0.25, 0.3) is 0 Å². The molecule has 0 spiro atoms. The Morgan fingerprint density at radius 2 is 1.55 bits per heavy atom. The summed E-state index contributed by atoms with van der Waals surface area (Å²) in [5.41, 5.74) is 2.14. The molecule has 1 aromatic carbocycles. The number of hydrogen-bond donors (Lipinski definition) is 1. The summed E-state index contributed by atoms with van der Waals surface area (Å²) in [5, 5.41) is 3.00. The minimum atomic E-state index is -0.0872. The summed E-state index contributed by atoms with van der Waals surface area (Å²) in [6.45, 7) is 11.6. The smallest absolute Gasteiger partial charge is 0.321 e. The maximum absolute atomic E-state index is 12.7. The molecular formula is C22H34N4O2S. The molecule has 0 bridgehead atoms. The molecule has 3 rings (SSSR count). The van der Waals surface area contributed by atoms with Crippen LogP contribution in [0.1, 0.15) is 32.8 Å². The van der Waals surface area contributed by atoms with E-state index >= 15 is 0 Å². The average molecular weight is 419 g/mol. The molecule has 1 N–H and O–H groups in total. The van der Waals surface area contributed by atoms with Gasteiger partial charge in [0, 0.05) is 56.5 Å². The number of carbonyl (C=O) groups is 2. The number of amides is 3. The van der Waals surface area contributed by atoms with E-state index in [0.717, 1.165) is 43.2 Å². The summed E-state index contributed by atoms with van der Waals surface area (Å²) >= 11 is 1.95. The third kappa shape index (κ3) is 6.37. The molecule has 7 heteroatoms. The monoisotopic (exact) mass is 418 g/mol. The van der Waals surface area contributed by atoms with Gasteiger partial charge in [-0.3, -0.25) is 9.69 Å². The van der Waals surface area contributed by atoms with Gasteiger partial charge in [0.2, 0.25) is 5.91 Å². The van der Waals surface area contributed by atoms with Crippen LogP contribution in [0.3, 0.4) is 0 Å². The van der Waals surface area contributed by atoms with Crippen LogP contribution in [0.2, 0.25) is 0 Å². The number of anilines is 1. The molecule has 29 heavy (non-hydrogen) atoms. The number of benzene rings is 1. The SMILES string of the molecule is CC(C)(C)c1ccc(NC(=O)N2CCCN(C(=O)CN3CCSCC3)CC2)cc1. The first-order valence-electron chi connectivity index (χ1n) is 10.6. The van der Waals surface area contributed by atoms with Gasteiger partial charge >= 0.3 is 6.03 Å². The van der Waals surface area contributed by atoms with Gasteiger partial charge in [-0.1, -0.05) is 32.9 Å². The van der Waals surface area contributed by atoms with Crippen molar-refractivity contribution < 1.29 is 9.59 Å². The fourth-order valence-electron chi connectivity index (χ4n) is 3.68. The van der Waals surface area contributed by atoms with E-state index in [1.807, 2.05) is 33.7 Å². The largest absolute Gasteiger partial charge is 0.340 e. The Balaban J connectivity index is 1.49. The third-order valence-electron chi connectivity index (χ3n) is 5.60. The Morgan fingerprint density at radius 3 is 2.21 bits per heavy atom. The zero-order chi connectivity index (χ0) is 20.9. The predicted octanol–water partition coefficient (Wildman–Crippen LogP) is 3.10. The lowest BCUT2D eigenvalue weighted by Crippen LogP contribution is -2.45. The highest BCUT2D eigenvalue weighted by Crippen LogP contribution is 2.23. The van der Waals surface area contributed by atoms with Crippen molar-refractivity contribution in [2.45, 2.75) is 32.6 Å². The van der Waals surface area contributed by atoms with Crippen molar-refractivity contribution in [3.05, 3.63) is 29.8 Å². The van der Waals surface area contributed by atoms with Crippen LogP contribution in [0.4, 0.5) is 10.5 Å². The van der Waals surface area contributed by atoms with E-state index in [4.69, 9.17) is 0 Å². The van der Waals surface area contributed by atoms with Gasteiger partial charge in [0.1, 0.15) is 0 Å². The first kappa shape index (κ1) is 22.0. The Hall–Kier alpha value is -1.73. The Morgan fingerprint density at radius 1 is 0.931 bits per heavy atom. The molecule has 6 nitrogen and oxygen atoms in total. The number of rotatable bonds is 3. The minimum Gasteiger partial charge on any atom is -0.340 e. The van der Waals surface area contributed by atoms with Crippen LogP contribution in [0.5, 0.6) is 0 Å². The summed E-state index contributed by atoms with van der Waals surface area (Å²) in [6.07, 6.45) is 0.817. The summed E-state index contributed by atoms with van der Waals surface area (Å²) in [5.74, 6) is 2.41. The molecular weight excluding hydrogens is 384 g/mol. The van der Waals surface area contributed by atoms with Gasteiger partial charge in [-0.05, 0) is 29.5 Å². The highest BCUT2D eigenvalue weighted by atomic mass is 32.2. The molecule has 2 aliphatic rings. The molecule has 2 fully saturated rings. The van der Waals surface area contributed by atoms with E-state index < -0.39 is 0 Å². The lowest BCUT2D eigenvalue weighted by molar-refractivity contribution is -0.132. The first-order chi connectivity index (χ1) is 13.8. The van der Waals surface area contributed by atoms with Crippen molar-refractivity contribution in [1.29, 1.82) is 0 Å². The zero-order valence-electron chi connectivity index (χ0n) is 17.9. The van der Waals surface area contributed by atoms with E-state index in [2.05, 4.69) is 43.1 Å². The normalized spacial score (nSPS) is 19.0. The van der Waals surface area contributed by atoms with Crippen LogP contribution in [-0.2, 0) is 10.2 Å². The molecule has 0 aliphatic carbocycles. The number of thioether (sulfide) groups is 1. The standard InChI is InChI=1S/C22H34N4O2S/c1-22(2,3)18-5-7-19(8-6-18)23-21(28)26-10-4-9-25(11-12-26)20(27)17-24-13-15-29-16-14-24/h5-8H,4,9-17H2,1-3H3,(H,23,28). The van der Waals surface area contributed by atoms with Gasteiger partial charge in [-0.15, -0.1) is 0 Å². The number of carbonyl (C=O) groups excluding carboxylic acids is 2. The van der Waals surface area contributed by atoms with E-state index in [-0.39, 0.29) is 17.4 Å². The maximum Gasteiger partial charge on any atom is 0.321 e. The molecule has 3 amide bonds. The molecule has 2 heterocycles. The molecule has 0 saturated carbocycles. The quantitative estimate of drug-likeness (QED) is 0.820. The molecule has 1 aromatic rings. The number of urea groups is 1. The first-order valence-corrected chi connectivity index (χ1v) is 11.7. The number of hydrogen-bond acceptors (Lipinski definition) is 4. The second-order valence-corrected chi connectivity index (χ2v) is 10.1. The highest BCUT2D eigenvalue weighted by molar-refractivity contribution is 7.99. The summed E-state index contributed by atoms with van der Waals surface area (Å²) in [7, 11) is 0. The van der Waals surface area contributed by atoms with Gasteiger partial charge in [0.05, 0.1) is 6.54 Å². The van der Waals surface area contributed by atoms with E-state index in [0.29, 0.717) is 26.2 Å². The van der Waals surface area contributed by atoms with Crippen LogP contribution in [-0.4, -0.2) is 84.0 Å². The molecule has 2 saturated heterocycles. The Kier molecular flexibility index (Phi) is 7.46. The van der Waals surface area contributed by atoms with Crippen molar-refractivity contribution in [3.8, 4) is 0 Å². The second kappa shape index (κ2) is 9.85. The lowest BCUT2D eigenvalue weighted by Gasteiger charge is -2.29. The topological polar surface area (TPSA) is 55.9 Å². The Bertz CT molecular complexity index is 696. The fraction of sp³-hybridized carbons (Fsp3) is 0.636. The molecule has 0 unspecified atom stereocenters. The van der Waals surface area contributed by atoms with Crippen molar-refractivity contribution >= 4 is 29.4 Å². The van der Waals surface area contributed by atoms with Gasteiger partial charge < -0.3 is 15.1 Å². The molecule has 2 aliphatic heterocycles. The van der Waals surface area contributed by atoms with Gasteiger partial charge in [0.15, 0.2) is 0 Å². The lowest BCUT2D eigenvalue weighted by atomic mass is 9.87. The summed E-state index contributed by atoms with van der Waals surface area (Å²) in [4.78, 5) is 31.3. The van der Waals surface area contributed by atoms with Crippen LogP contribution >= 0.6 is 11.8 Å². The Labute approximate surface area is 179 Å². The van der Waals surface area contributed by atoms with Crippen molar-refractivity contribution in [1.82, 2.24) is 14.7 Å². The fourth-order valence-corrected chi connectivity index (χ4v) is 4.66. The number of nitrogens with one attached hydrogen (secondary N) is 1. The summed E-state index contributed by atoms with van der Waals surface area (Å²) in [6, 6.07) is 7.97. The second-order valence-electron chi connectivity index (χ2n) is 8.87. The molecule has 0 radical (unpaired) electrons. The van der Waals surface area contributed by atoms with Crippen LogP contribution in [0, 0.1) is 0 Å². The van der Waals surface area contributed by atoms with E-state index in [9.17, 15) is 9.59 Å². The van der Waals surface area contributed by atoms with Gasteiger partial charge in [-0.25, -0.2) is 4.79 Å². The maximum atomic E-state index is 12.7. The van der Waals surface area contributed by atoms with Gasteiger partial charge in [0.25, 0.3) is 0 Å². The van der Waals surface area contributed by atoms with Crippen molar-refractivity contribution in [2.75, 3.05) is 62.6 Å². The third-order valence-corrected chi connectivity index (χ3v) is 6.54. The van der Waals surface area contributed by atoms with E-state index in [1.165, 1.54) is 5.56 Å². The minimum absolute atomic E-state index is 0.0872. The van der Waals surface area contributed by atoms with Crippen LogP contribution in [0.15, 0.2) is 24.3 Å². The van der Waals surface area contributed by atoms with E-state index in [1.54, 1.807) is 0 Å². The van der Waals surface area contributed by atoms with Crippen LogP contribution < -0.4 is 5.32 Å². The molecule has 0 atom stereocenters. The van der Waals surface area contributed by atoms with Crippen molar-refractivity contribution in [3.63, 3.8) is 0 Å². The number of nitrogens with zero attached hydrogens (tertiary/aromatic N) is 3. The molecule has 160 valence electrons. The predicted molar refractivity (Wildman–Crippen MR) is 121 cm³/mol. The highest BCUT2D eigenvalue weighted by Gasteiger charge is 2.24.